The first-order valence-corrected chi connectivity index (χ1v) is 12.2. The number of nitrogens with one attached hydrogen (secondary N) is 1. The van der Waals surface area contributed by atoms with Gasteiger partial charge in [0.2, 0.25) is 0 Å². The van der Waals surface area contributed by atoms with E-state index in [0.29, 0.717) is 22.3 Å². The molecule has 1 spiro atoms. The number of hydrogen-bond donors (Lipinski definition) is 1. The second-order valence-electron chi connectivity index (χ2n) is 9.35. The molecule has 1 saturated heterocycles. The van der Waals surface area contributed by atoms with Gasteiger partial charge in [-0.25, -0.2) is 9.18 Å². The molecule has 0 aromatic heterocycles. The van der Waals surface area contributed by atoms with Crippen LogP contribution in [0.4, 0.5) is 20.6 Å². The van der Waals surface area contributed by atoms with Crippen molar-refractivity contribution in [2.45, 2.75) is 31.7 Å². The first kappa shape index (κ1) is 23.2. The predicted molar refractivity (Wildman–Crippen MR) is 137 cm³/mol. The number of carbonyl (C=O) groups excluding carboxylic acids is 1. The van der Waals surface area contributed by atoms with Gasteiger partial charge < -0.3 is 5.32 Å². The molecule has 5 rings (SSSR count). The molecule has 2 aliphatic heterocycles. The number of benzene rings is 3. The van der Waals surface area contributed by atoms with Crippen LogP contribution < -0.4 is 10.2 Å². The summed E-state index contributed by atoms with van der Waals surface area (Å²) < 4.78 is 13.6. The Morgan fingerprint density at radius 1 is 1.03 bits per heavy atom. The third kappa shape index (κ3) is 4.52. The molecule has 3 aromatic rings. The van der Waals surface area contributed by atoms with Crippen LogP contribution in [-0.4, -0.2) is 30.6 Å². The fraction of sp³-hybridized carbons (Fsp3) is 0.296. The molecule has 1 N–H and O–H groups in total. The predicted octanol–water partition coefficient (Wildman–Crippen LogP) is 7.03. The van der Waals surface area contributed by atoms with Gasteiger partial charge in [0, 0.05) is 29.9 Å². The minimum Gasteiger partial charge on any atom is -0.307 e. The van der Waals surface area contributed by atoms with Crippen LogP contribution in [-0.2, 0) is 12.0 Å². The highest BCUT2D eigenvalue weighted by Crippen LogP contribution is 2.47. The number of aryl methyl sites for hydroxylation is 1. The fourth-order valence-electron chi connectivity index (χ4n) is 5.19. The minimum atomic E-state index is -0.199. The van der Waals surface area contributed by atoms with Crippen molar-refractivity contribution in [1.29, 1.82) is 0 Å². The van der Waals surface area contributed by atoms with Gasteiger partial charge in [-0.05, 0) is 80.4 Å². The van der Waals surface area contributed by atoms with E-state index in [1.54, 1.807) is 30.3 Å². The molecule has 1 fully saturated rings. The molecule has 7 heteroatoms. The highest BCUT2D eigenvalue weighted by Gasteiger charge is 2.46. The minimum absolute atomic E-state index is 0.0885. The summed E-state index contributed by atoms with van der Waals surface area (Å²) in [6.07, 6.45) is 1.88. The van der Waals surface area contributed by atoms with Crippen molar-refractivity contribution in [3.8, 4) is 0 Å². The lowest BCUT2D eigenvalue weighted by molar-refractivity contribution is 0.160. The standard InChI is InChI=1S/C27H26Cl2FN3O/c1-18-5-8-25-22(13-18)27(9-11-32(12-10-27)16-19-3-2-4-20(30)14-19)17-33(25)26(34)31-21-6-7-23(28)24(29)15-21/h2-8,13-15H,9-12,16-17H2,1H3,(H,31,34). The maximum Gasteiger partial charge on any atom is 0.326 e. The van der Waals surface area contributed by atoms with E-state index in [2.05, 4.69) is 29.3 Å². The van der Waals surface area contributed by atoms with Gasteiger partial charge >= 0.3 is 6.03 Å². The topological polar surface area (TPSA) is 35.6 Å². The number of rotatable bonds is 3. The van der Waals surface area contributed by atoms with Crippen molar-refractivity contribution in [1.82, 2.24) is 4.90 Å². The molecule has 2 aliphatic rings. The lowest BCUT2D eigenvalue weighted by atomic mass is 9.74. The van der Waals surface area contributed by atoms with Gasteiger partial charge in [-0.2, -0.15) is 0 Å². The summed E-state index contributed by atoms with van der Waals surface area (Å²) in [5.74, 6) is -0.199. The van der Waals surface area contributed by atoms with Crippen LogP contribution in [0.25, 0.3) is 0 Å². The Morgan fingerprint density at radius 3 is 2.56 bits per heavy atom. The van der Waals surface area contributed by atoms with E-state index in [4.69, 9.17) is 23.2 Å². The van der Waals surface area contributed by atoms with Crippen molar-refractivity contribution in [2.24, 2.45) is 0 Å². The molecule has 2 heterocycles. The Kier molecular flexibility index (Phi) is 6.28. The number of nitrogens with zero attached hydrogens (tertiary/aromatic N) is 2. The molecule has 34 heavy (non-hydrogen) atoms. The van der Waals surface area contributed by atoms with E-state index < -0.39 is 0 Å². The zero-order valence-electron chi connectivity index (χ0n) is 19.0. The zero-order valence-corrected chi connectivity index (χ0v) is 20.5. The molecular formula is C27H26Cl2FN3O. The largest absolute Gasteiger partial charge is 0.326 e. The lowest BCUT2D eigenvalue weighted by Crippen LogP contribution is -2.46. The summed E-state index contributed by atoms with van der Waals surface area (Å²) in [6.45, 7) is 5.24. The average molecular weight is 498 g/mol. The number of anilines is 2. The number of hydrogen-bond acceptors (Lipinski definition) is 2. The second kappa shape index (κ2) is 9.21. The van der Waals surface area contributed by atoms with Gasteiger partial charge in [-0.1, -0.05) is 53.0 Å². The highest BCUT2D eigenvalue weighted by molar-refractivity contribution is 6.42. The Labute approximate surface area is 209 Å². The average Bonchev–Trinajstić information content (AvgIpc) is 3.11. The quantitative estimate of drug-likeness (QED) is 0.421. The van der Waals surface area contributed by atoms with E-state index >= 15 is 0 Å². The number of urea groups is 1. The molecule has 0 saturated carbocycles. The van der Waals surface area contributed by atoms with Gasteiger partial charge in [0.1, 0.15) is 5.82 Å². The molecule has 0 unspecified atom stereocenters. The highest BCUT2D eigenvalue weighted by atomic mass is 35.5. The Balaban J connectivity index is 1.34. The second-order valence-corrected chi connectivity index (χ2v) is 10.2. The van der Waals surface area contributed by atoms with Crippen molar-refractivity contribution in [3.05, 3.63) is 93.2 Å². The van der Waals surface area contributed by atoms with Gasteiger partial charge in [-0.15, -0.1) is 0 Å². The molecule has 176 valence electrons. The van der Waals surface area contributed by atoms with Crippen LogP contribution in [0.2, 0.25) is 10.0 Å². The molecule has 4 nitrogen and oxygen atoms in total. The Hall–Kier alpha value is -2.60. The van der Waals surface area contributed by atoms with Gasteiger partial charge in [-0.3, -0.25) is 9.80 Å². The summed E-state index contributed by atoms with van der Waals surface area (Å²) >= 11 is 12.1. The Morgan fingerprint density at radius 2 is 1.82 bits per heavy atom. The third-order valence-corrected chi connectivity index (χ3v) is 7.74. The first-order chi connectivity index (χ1) is 16.3. The molecule has 0 atom stereocenters. The summed E-state index contributed by atoms with van der Waals surface area (Å²) in [7, 11) is 0. The van der Waals surface area contributed by atoms with Crippen LogP contribution in [0, 0.1) is 12.7 Å². The third-order valence-electron chi connectivity index (χ3n) is 7.00. The maximum absolute atomic E-state index is 13.6. The zero-order chi connectivity index (χ0) is 23.9. The molecule has 0 aliphatic carbocycles. The number of halogens is 3. The first-order valence-electron chi connectivity index (χ1n) is 11.4. The van der Waals surface area contributed by atoms with E-state index in [0.717, 1.165) is 43.7 Å². The number of likely N-dealkylation sites (tertiary alicyclic amines) is 1. The molecular weight excluding hydrogens is 472 g/mol. The van der Waals surface area contributed by atoms with Crippen molar-refractivity contribution in [3.63, 3.8) is 0 Å². The fourth-order valence-corrected chi connectivity index (χ4v) is 5.49. The van der Waals surface area contributed by atoms with Gasteiger partial charge in [0.15, 0.2) is 0 Å². The van der Waals surface area contributed by atoms with Crippen molar-refractivity contribution < 1.29 is 9.18 Å². The summed E-state index contributed by atoms with van der Waals surface area (Å²) in [6, 6.07) is 18.0. The number of carbonyl (C=O) groups is 1. The van der Waals surface area contributed by atoms with E-state index in [1.165, 1.54) is 17.2 Å². The summed E-state index contributed by atoms with van der Waals surface area (Å²) in [5.41, 5.74) is 4.89. The van der Waals surface area contributed by atoms with Crippen LogP contribution in [0.1, 0.15) is 29.5 Å². The Bertz CT molecular complexity index is 1240. The summed E-state index contributed by atoms with van der Waals surface area (Å²) in [4.78, 5) is 17.5. The van der Waals surface area contributed by atoms with Crippen molar-refractivity contribution >= 4 is 40.6 Å². The van der Waals surface area contributed by atoms with E-state index in [-0.39, 0.29) is 17.3 Å². The lowest BCUT2D eigenvalue weighted by Gasteiger charge is -2.40. The van der Waals surface area contributed by atoms with Crippen LogP contribution in [0.5, 0.6) is 0 Å². The van der Waals surface area contributed by atoms with Crippen LogP contribution in [0.15, 0.2) is 60.7 Å². The molecule has 3 aromatic carbocycles. The van der Waals surface area contributed by atoms with E-state index in [9.17, 15) is 9.18 Å². The van der Waals surface area contributed by atoms with Crippen LogP contribution >= 0.6 is 23.2 Å². The van der Waals surface area contributed by atoms with Crippen LogP contribution in [0.3, 0.4) is 0 Å². The maximum atomic E-state index is 13.6. The normalized spacial score (nSPS) is 17.1. The number of amides is 2. The molecule has 0 radical (unpaired) electrons. The smallest absolute Gasteiger partial charge is 0.307 e. The number of piperidine rings is 1. The monoisotopic (exact) mass is 497 g/mol. The molecule has 2 amide bonds. The van der Waals surface area contributed by atoms with Gasteiger partial charge in [0.25, 0.3) is 0 Å². The van der Waals surface area contributed by atoms with Crippen molar-refractivity contribution in [2.75, 3.05) is 29.9 Å². The number of fused-ring (bicyclic) bond motifs is 2. The summed E-state index contributed by atoms with van der Waals surface area (Å²) in [5, 5.41) is 3.83. The van der Waals surface area contributed by atoms with Gasteiger partial charge in [0.05, 0.1) is 10.0 Å². The SMILES string of the molecule is Cc1ccc2c(c1)C1(CCN(Cc3cccc(F)c3)CC1)CN2C(=O)Nc1ccc(Cl)c(Cl)c1. The van der Waals surface area contributed by atoms with E-state index in [1.807, 2.05) is 17.0 Å². The molecule has 0 bridgehead atoms.